The van der Waals surface area contributed by atoms with Gasteiger partial charge in [-0.3, -0.25) is 0 Å². The average molecular weight is 337 g/mol. The number of alkyl halides is 3. The highest BCUT2D eigenvalue weighted by Gasteiger charge is 2.35. The molecule has 1 aliphatic rings. The number of piperidine rings is 1. The molecule has 0 bridgehead atoms. The number of hydrogen-bond acceptors (Lipinski definition) is 2. The molecule has 2 atom stereocenters. The van der Waals surface area contributed by atoms with Gasteiger partial charge >= 0.3 is 6.18 Å². The minimum absolute atomic E-state index is 0.204. The van der Waals surface area contributed by atoms with Crippen LogP contribution in [0.1, 0.15) is 12.8 Å². The minimum Gasteiger partial charge on any atom is -0.370 e. The van der Waals surface area contributed by atoms with Crippen molar-refractivity contribution in [2.75, 3.05) is 18.0 Å². The summed E-state index contributed by atoms with van der Waals surface area (Å²) in [5, 5.41) is 0. The maximum atomic E-state index is 12.5. The van der Waals surface area contributed by atoms with E-state index in [1.165, 1.54) is 0 Å². The molecule has 2 unspecified atom stereocenters. The van der Waals surface area contributed by atoms with Gasteiger partial charge in [0.2, 0.25) is 0 Å². The van der Waals surface area contributed by atoms with Crippen LogP contribution < -0.4 is 10.6 Å². The van der Waals surface area contributed by atoms with E-state index in [4.69, 9.17) is 5.73 Å². The molecule has 0 aromatic heterocycles. The quantitative estimate of drug-likeness (QED) is 0.894. The van der Waals surface area contributed by atoms with Gasteiger partial charge in [0.1, 0.15) is 0 Å². The van der Waals surface area contributed by atoms with E-state index in [0.29, 0.717) is 19.5 Å². The monoisotopic (exact) mass is 336 g/mol. The Kier molecular flexibility index (Phi) is 4.40. The van der Waals surface area contributed by atoms with Gasteiger partial charge in [0.05, 0.1) is 0 Å². The first-order chi connectivity index (χ1) is 8.83. The number of anilines is 1. The van der Waals surface area contributed by atoms with Crippen LogP contribution in [0.5, 0.6) is 0 Å². The highest BCUT2D eigenvalue weighted by atomic mass is 79.9. The van der Waals surface area contributed by atoms with Crippen LogP contribution in [0.3, 0.4) is 0 Å². The van der Waals surface area contributed by atoms with Gasteiger partial charge < -0.3 is 10.6 Å². The predicted octanol–water partition coefficient (Wildman–Crippen LogP) is 3.56. The van der Waals surface area contributed by atoms with Crippen molar-refractivity contribution < 1.29 is 13.2 Å². The lowest BCUT2D eigenvalue weighted by Crippen LogP contribution is -2.48. The molecule has 1 saturated heterocycles. The Hall–Kier alpha value is -0.750. The van der Waals surface area contributed by atoms with Gasteiger partial charge in [0, 0.05) is 35.7 Å². The van der Waals surface area contributed by atoms with Gasteiger partial charge in [0.15, 0.2) is 0 Å². The molecule has 1 heterocycles. The van der Waals surface area contributed by atoms with E-state index < -0.39 is 18.5 Å². The van der Waals surface area contributed by atoms with Gasteiger partial charge in [-0.05, 0) is 36.6 Å². The van der Waals surface area contributed by atoms with Crippen molar-refractivity contribution in [3.05, 3.63) is 28.7 Å². The molecule has 1 fully saturated rings. The largest absolute Gasteiger partial charge is 0.389 e. The Morgan fingerprint density at radius 1 is 1.21 bits per heavy atom. The molecule has 1 aliphatic heterocycles. The minimum atomic E-state index is -4.12. The van der Waals surface area contributed by atoms with E-state index in [9.17, 15) is 13.2 Å². The maximum absolute atomic E-state index is 12.5. The molecule has 2 N–H and O–H groups in total. The Bertz CT molecular complexity index is 419. The summed E-state index contributed by atoms with van der Waals surface area (Å²) >= 11 is 3.34. The Labute approximate surface area is 118 Å². The van der Waals surface area contributed by atoms with E-state index in [1.54, 1.807) is 0 Å². The lowest BCUT2D eigenvalue weighted by atomic mass is 9.91. The van der Waals surface area contributed by atoms with Crippen molar-refractivity contribution in [1.29, 1.82) is 0 Å². The van der Waals surface area contributed by atoms with Gasteiger partial charge in [-0.25, -0.2) is 0 Å². The molecule has 0 saturated carbocycles. The third kappa shape index (κ3) is 4.38. The summed E-state index contributed by atoms with van der Waals surface area (Å²) in [5.74, 6) is -0.424. The van der Waals surface area contributed by atoms with E-state index in [0.717, 1.165) is 10.2 Å². The lowest BCUT2D eigenvalue weighted by molar-refractivity contribution is -0.145. The highest BCUT2D eigenvalue weighted by Crippen LogP contribution is 2.32. The zero-order valence-corrected chi connectivity index (χ0v) is 11.9. The van der Waals surface area contributed by atoms with Crippen LogP contribution >= 0.6 is 15.9 Å². The van der Waals surface area contributed by atoms with Crippen LogP contribution in [0.25, 0.3) is 0 Å². The predicted molar refractivity (Wildman–Crippen MR) is 73.1 cm³/mol. The Morgan fingerprint density at radius 3 is 2.42 bits per heavy atom. The van der Waals surface area contributed by atoms with E-state index >= 15 is 0 Å². The van der Waals surface area contributed by atoms with Crippen LogP contribution in [0.4, 0.5) is 18.9 Å². The first-order valence-electron chi connectivity index (χ1n) is 6.16. The number of nitrogens with two attached hydrogens (primary N) is 1. The SMILES string of the molecule is NC1CC(CC(F)(F)F)CN(c2ccc(Br)cc2)C1. The standard InChI is InChI=1S/C13H16BrF3N2/c14-10-1-3-12(4-2-10)19-7-9(5-11(18)8-19)6-13(15,16)17/h1-4,9,11H,5-8,18H2. The van der Waals surface area contributed by atoms with Crippen LogP contribution in [-0.2, 0) is 0 Å². The molecule has 0 amide bonds. The molecule has 0 spiro atoms. The summed E-state index contributed by atoms with van der Waals surface area (Å²) < 4.78 is 38.4. The van der Waals surface area contributed by atoms with Crippen molar-refractivity contribution in [1.82, 2.24) is 0 Å². The van der Waals surface area contributed by atoms with Crippen molar-refractivity contribution in [2.24, 2.45) is 11.7 Å². The summed E-state index contributed by atoms with van der Waals surface area (Å²) in [6, 6.07) is 7.35. The Morgan fingerprint density at radius 2 is 1.84 bits per heavy atom. The van der Waals surface area contributed by atoms with Crippen LogP contribution in [0.15, 0.2) is 28.7 Å². The molecule has 0 radical (unpaired) electrons. The number of hydrogen-bond donors (Lipinski definition) is 1. The lowest BCUT2D eigenvalue weighted by Gasteiger charge is -2.38. The topological polar surface area (TPSA) is 29.3 Å². The second kappa shape index (κ2) is 5.71. The molecule has 1 aromatic carbocycles. The second-order valence-electron chi connectivity index (χ2n) is 5.06. The van der Waals surface area contributed by atoms with E-state index in [2.05, 4.69) is 15.9 Å². The van der Waals surface area contributed by atoms with Crippen molar-refractivity contribution in [3.8, 4) is 0 Å². The van der Waals surface area contributed by atoms with Gasteiger partial charge in [0.25, 0.3) is 0 Å². The van der Waals surface area contributed by atoms with Gasteiger partial charge in [-0.2, -0.15) is 13.2 Å². The molecule has 19 heavy (non-hydrogen) atoms. The first kappa shape index (κ1) is 14.7. The van der Waals surface area contributed by atoms with E-state index in [-0.39, 0.29) is 6.04 Å². The fourth-order valence-corrected chi connectivity index (χ4v) is 2.85. The maximum Gasteiger partial charge on any atom is 0.389 e. The molecule has 0 aliphatic carbocycles. The normalized spacial score (nSPS) is 24.6. The summed E-state index contributed by atoms with van der Waals surface area (Å²) in [6.07, 6.45) is -4.44. The number of rotatable bonds is 2. The fourth-order valence-electron chi connectivity index (χ4n) is 2.58. The molecule has 1 aromatic rings. The molecule has 2 rings (SSSR count). The van der Waals surface area contributed by atoms with Crippen molar-refractivity contribution in [2.45, 2.75) is 25.1 Å². The van der Waals surface area contributed by atoms with Gasteiger partial charge in [-0.15, -0.1) is 0 Å². The van der Waals surface area contributed by atoms with E-state index in [1.807, 2.05) is 29.2 Å². The smallest absolute Gasteiger partial charge is 0.370 e. The summed E-state index contributed by atoms with van der Waals surface area (Å²) in [5.41, 5.74) is 6.81. The summed E-state index contributed by atoms with van der Waals surface area (Å²) in [6.45, 7) is 1.02. The molecule has 106 valence electrons. The molecular weight excluding hydrogens is 321 g/mol. The van der Waals surface area contributed by atoms with Crippen LogP contribution in [-0.4, -0.2) is 25.3 Å². The zero-order chi connectivity index (χ0) is 14.0. The highest BCUT2D eigenvalue weighted by molar-refractivity contribution is 9.10. The molecule has 6 heteroatoms. The Balaban J connectivity index is 2.07. The van der Waals surface area contributed by atoms with Gasteiger partial charge in [-0.1, -0.05) is 15.9 Å². The number of benzene rings is 1. The third-order valence-electron chi connectivity index (χ3n) is 3.28. The second-order valence-corrected chi connectivity index (χ2v) is 5.98. The molecule has 2 nitrogen and oxygen atoms in total. The third-order valence-corrected chi connectivity index (χ3v) is 3.81. The fraction of sp³-hybridized carbons (Fsp3) is 0.538. The average Bonchev–Trinajstić information content (AvgIpc) is 2.26. The number of halogens is 4. The summed E-state index contributed by atoms with van der Waals surface area (Å²) in [7, 11) is 0. The van der Waals surface area contributed by atoms with Crippen molar-refractivity contribution >= 4 is 21.6 Å². The van der Waals surface area contributed by atoms with Crippen molar-refractivity contribution in [3.63, 3.8) is 0 Å². The molecular formula is C13H16BrF3N2. The van der Waals surface area contributed by atoms with Crippen LogP contribution in [0.2, 0.25) is 0 Å². The zero-order valence-electron chi connectivity index (χ0n) is 10.3. The summed E-state index contributed by atoms with van der Waals surface area (Å²) in [4.78, 5) is 1.94. The van der Waals surface area contributed by atoms with Crippen LogP contribution in [0, 0.1) is 5.92 Å². The first-order valence-corrected chi connectivity index (χ1v) is 6.95. The number of nitrogens with zero attached hydrogens (tertiary/aromatic N) is 1.